The SMILES string of the molecule is COc1nc(SCc2csc(-c3ccc(Cl)cc3)n2)c(C#N)c(-c2ccc(OC[C@@H](O)CO)cc2)c1C#N. The first-order chi connectivity index (χ1) is 18.5. The van der Waals surface area contributed by atoms with E-state index in [1.165, 1.54) is 30.2 Å². The highest BCUT2D eigenvalue weighted by molar-refractivity contribution is 7.98. The Kier molecular flexibility index (Phi) is 9.19. The van der Waals surface area contributed by atoms with E-state index in [4.69, 9.17) is 31.2 Å². The summed E-state index contributed by atoms with van der Waals surface area (Å²) < 4.78 is 10.9. The molecule has 0 aliphatic heterocycles. The third-order valence-corrected chi connectivity index (χ3v) is 7.54. The Morgan fingerprint density at radius 1 is 1.03 bits per heavy atom. The summed E-state index contributed by atoms with van der Waals surface area (Å²) in [5, 5.41) is 42.3. The van der Waals surface area contributed by atoms with Crippen LogP contribution in [0, 0.1) is 22.7 Å². The van der Waals surface area contributed by atoms with E-state index in [0.29, 0.717) is 32.7 Å². The highest BCUT2D eigenvalue weighted by Crippen LogP contribution is 2.39. The molecule has 0 saturated heterocycles. The minimum Gasteiger partial charge on any atom is -0.491 e. The third kappa shape index (κ3) is 6.25. The molecule has 0 unspecified atom stereocenters. The number of halogens is 1. The van der Waals surface area contributed by atoms with Gasteiger partial charge < -0.3 is 19.7 Å². The van der Waals surface area contributed by atoms with Gasteiger partial charge in [-0.1, -0.05) is 47.6 Å². The molecule has 0 bridgehead atoms. The molecule has 0 amide bonds. The fraction of sp³-hybridized carbons (Fsp3) is 0.185. The maximum atomic E-state index is 10.1. The van der Waals surface area contributed by atoms with E-state index >= 15 is 0 Å². The number of methoxy groups -OCH3 is 1. The van der Waals surface area contributed by atoms with Crippen molar-refractivity contribution in [1.82, 2.24) is 9.97 Å². The zero-order valence-corrected chi connectivity index (χ0v) is 22.5. The maximum absolute atomic E-state index is 10.1. The third-order valence-electron chi connectivity index (χ3n) is 5.34. The van der Waals surface area contributed by atoms with Crippen molar-refractivity contribution in [3.8, 4) is 45.5 Å². The van der Waals surface area contributed by atoms with Crippen LogP contribution < -0.4 is 9.47 Å². The second-order valence-electron chi connectivity index (χ2n) is 7.89. The molecule has 0 aliphatic carbocycles. The van der Waals surface area contributed by atoms with Crippen LogP contribution in [0.4, 0.5) is 0 Å². The van der Waals surface area contributed by atoms with Gasteiger partial charge in [0.1, 0.15) is 46.2 Å². The summed E-state index contributed by atoms with van der Waals surface area (Å²) in [4.78, 5) is 9.16. The molecule has 38 heavy (non-hydrogen) atoms. The number of rotatable bonds is 10. The summed E-state index contributed by atoms with van der Waals surface area (Å²) in [7, 11) is 1.43. The average Bonchev–Trinajstić information content (AvgIpc) is 3.43. The standard InChI is InChI=1S/C27H21ClN4O4S2/c1-35-25-22(10-29)24(16-4-8-21(9-5-16)36-13-20(34)12-33)23(11-30)27(32-25)38-15-19-14-37-26(31-19)17-2-6-18(28)7-3-17/h2-9,14,20,33-34H,12-13,15H2,1H3/t20-/m0/s1. The molecule has 2 aromatic heterocycles. The summed E-state index contributed by atoms with van der Waals surface area (Å²) >= 11 is 8.83. The van der Waals surface area contributed by atoms with E-state index < -0.39 is 12.7 Å². The quantitative estimate of drug-likeness (QED) is 0.246. The van der Waals surface area contributed by atoms with E-state index in [-0.39, 0.29) is 23.6 Å². The average molecular weight is 565 g/mol. The highest BCUT2D eigenvalue weighted by atomic mass is 35.5. The Morgan fingerprint density at radius 2 is 1.71 bits per heavy atom. The molecule has 2 heterocycles. The Hall–Kier alpha value is -3.64. The molecule has 0 radical (unpaired) electrons. The lowest BCUT2D eigenvalue weighted by Crippen LogP contribution is -2.21. The lowest BCUT2D eigenvalue weighted by molar-refractivity contribution is 0.0536. The molecule has 1 atom stereocenters. The number of pyridine rings is 1. The van der Waals surface area contributed by atoms with Crippen molar-refractivity contribution < 1.29 is 19.7 Å². The summed E-state index contributed by atoms with van der Waals surface area (Å²) in [5.41, 5.74) is 3.21. The van der Waals surface area contributed by atoms with Crippen LogP contribution in [-0.2, 0) is 5.75 Å². The minimum atomic E-state index is -0.992. The Balaban J connectivity index is 1.63. The van der Waals surface area contributed by atoms with Crippen LogP contribution in [0.3, 0.4) is 0 Å². The van der Waals surface area contributed by atoms with Crippen molar-refractivity contribution in [2.45, 2.75) is 16.9 Å². The number of thiazole rings is 1. The number of aromatic nitrogens is 2. The molecule has 8 nitrogen and oxygen atoms in total. The van der Waals surface area contributed by atoms with Crippen molar-refractivity contribution in [2.75, 3.05) is 20.3 Å². The van der Waals surface area contributed by atoms with E-state index in [1.54, 1.807) is 24.3 Å². The maximum Gasteiger partial charge on any atom is 0.233 e. The predicted octanol–water partition coefficient (Wildman–Crippen LogP) is 5.30. The Labute approximate surface area is 232 Å². The van der Waals surface area contributed by atoms with Gasteiger partial charge in [0.25, 0.3) is 0 Å². The Bertz CT molecular complexity index is 1500. The molecule has 0 spiro atoms. The Morgan fingerprint density at radius 3 is 2.34 bits per heavy atom. The van der Waals surface area contributed by atoms with E-state index in [1.807, 2.05) is 29.6 Å². The topological polar surface area (TPSA) is 132 Å². The van der Waals surface area contributed by atoms with Gasteiger partial charge in [-0.3, -0.25) is 0 Å². The number of aliphatic hydroxyl groups excluding tert-OH is 2. The lowest BCUT2D eigenvalue weighted by Gasteiger charge is -2.15. The van der Waals surface area contributed by atoms with Gasteiger partial charge in [0.15, 0.2) is 0 Å². The number of ether oxygens (including phenoxy) is 2. The minimum absolute atomic E-state index is 0.0665. The zero-order chi connectivity index (χ0) is 27.1. The lowest BCUT2D eigenvalue weighted by atomic mass is 9.97. The van der Waals surface area contributed by atoms with Gasteiger partial charge >= 0.3 is 0 Å². The fourth-order valence-corrected chi connectivity index (χ4v) is 5.42. The molecule has 4 aromatic rings. The van der Waals surface area contributed by atoms with Gasteiger partial charge in [0.2, 0.25) is 5.88 Å². The summed E-state index contributed by atoms with van der Waals surface area (Å²) in [6.45, 7) is -0.474. The monoisotopic (exact) mass is 564 g/mol. The number of benzene rings is 2. The summed E-state index contributed by atoms with van der Waals surface area (Å²) in [6.07, 6.45) is -0.992. The van der Waals surface area contributed by atoms with Crippen LogP contribution in [0.1, 0.15) is 16.8 Å². The van der Waals surface area contributed by atoms with E-state index in [2.05, 4.69) is 17.1 Å². The van der Waals surface area contributed by atoms with Crippen LogP contribution in [0.25, 0.3) is 21.7 Å². The van der Waals surface area contributed by atoms with Gasteiger partial charge in [-0.2, -0.15) is 10.5 Å². The molecule has 192 valence electrons. The van der Waals surface area contributed by atoms with Crippen LogP contribution in [0.2, 0.25) is 5.02 Å². The second kappa shape index (κ2) is 12.7. The number of aliphatic hydroxyl groups is 2. The molecule has 2 N–H and O–H groups in total. The number of thioether (sulfide) groups is 1. The number of hydrogen-bond acceptors (Lipinski definition) is 10. The smallest absolute Gasteiger partial charge is 0.233 e. The molecule has 4 rings (SSSR count). The van der Waals surface area contributed by atoms with Gasteiger partial charge in [0.05, 0.1) is 25.0 Å². The summed E-state index contributed by atoms with van der Waals surface area (Å²) in [5.74, 6) is 1.05. The highest BCUT2D eigenvalue weighted by Gasteiger charge is 2.23. The number of hydrogen-bond donors (Lipinski definition) is 2. The second-order valence-corrected chi connectivity index (χ2v) is 10.1. The number of nitriles is 2. The van der Waals surface area contributed by atoms with Crippen LogP contribution in [0.15, 0.2) is 58.9 Å². The van der Waals surface area contributed by atoms with Gasteiger partial charge in [-0.25, -0.2) is 9.97 Å². The van der Waals surface area contributed by atoms with Crippen molar-refractivity contribution in [3.63, 3.8) is 0 Å². The summed E-state index contributed by atoms with van der Waals surface area (Å²) in [6, 6.07) is 18.5. The number of nitrogens with zero attached hydrogens (tertiary/aromatic N) is 4. The van der Waals surface area contributed by atoms with Crippen LogP contribution in [-0.4, -0.2) is 46.6 Å². The molecule has 0 fully saturated rings. The van der Waals surface area contributed by atoms with E-state index in [0.717, 1.165) is 16.3 Å². The van der Waals surface area contributed by atoms with Gasteiger partial charge in [-0.15, -0.1) is 11.3 Å². The largest absolute Gasteiger partial charge is 0.491 e. The van der Waals surface area contributed by atoms with E-state index in [9.17, 15) is 15.6 Å². The first kappa shape index (κ1) is 27.4. The van der Waals surface area contributed by atoms with Crippen molar-refractivity contribution >= 4 is 34.7 Å². The molecular weight excluding hydrogens is 544 g/mol. The zero-order valence-electron chi connectivity index (χ0n) is 20.1. The van der Waals surface area contributed by atoms with Crippen molar-refractivity contribution in [2.24, 2.45) is 0 Å². The first-order valence-corrected chi connectivity index (χ1v) is 13.5. The normalized spacial score (nSPS) is 11.4. The van der Waals surface area contributed by atoms with Crippen LogP contribution >= 0.6 is 34.7 Å². The molecule has 11 heteroatoms. The molecule has 2 aromatic carbocycles. The molecular formula is C27H21ClN4O4S2. The van der Waals surface area contributed by atoms with Crippen molar-refractivity contribution in [3.05, 3.63) is 75.8 Å². The van der Waals surface area contributed by atoms with Gasteiger partial charge in [-0.05, 0) is 29.8 Å². The predicted molar refractivity (Wildman–Crippen MR) is 146 cm³/mol. The molecule has 0 saturated carbocycles. The van der Waals surface area contributed by atoms with Gasteiger partial charge in [0, 0.05) is 27.3 Å². The van der Waals surface area contributed by atoms with Crippen LogP contribution in [0.5, 0.6) is 11.6 Å². The van der Waals surface area contributed by atoms with Crippen molar-refractivity contribution in [1.29, 1.82) is 10.5 Å². The molecule has 0 aliphatic rings. The fourth-order valence-electron chi connectivity index (χ4n) is 3.49. The first-order valence-electron chi connectivity index (χ1n) is 11.2.